The molecule has 0 saturated carbocycles. The molecule has 1 atom stereocenters. The van der Waals surface area contributed by atoms with Crippen molar-refractivity contribution in [3.8, 4) is 17.2 Å². The van der Waals surface area contributed by atoms with Gasteiger partial charge in [0, 0.05) is 30.9 Å². The second-order valence-electron chi connectivity index (χ2n) is 9.16. The first kappa shape index (κ1) is 24.3. The Bertz CT molecular complexity index is 1610. The Morgan fingerprint density at radius 2 is 1.90 bits per heavy atom. The van der Waals surface area contributed by atoms with E-state index in [4.69, 9.17) is 14.2 Å². The van der Waals surface area contributed by atoms with Crippen molar-refractivity contribution in [2.75, 3.05) is 44.2 Å². The second-order valence-corrected chi connectivity index (χ2v) is 9.16. The van der Waals surface area contributed by atoms with Crippen molar-refractivity contribution in [1.82, 2.24) is 15.0 Å². The molecule has 0 radical (unpaired) electrons. The molecule has 2 aliphatic heterocycles. The summed E-state index contributed by atoms with van der Waals surface area (Å²) in [5.41, 5.74) is 2.53. The van der Waals surface area contributed by atoms with Gasteiger partial charge < -0.3 is 29.2 Å². The molecule has 0 spiro atoms. The molecular weight excluding hydrogens is 502 g/mol. The molecule has 1 fully saturated rings. The van der Waals surface area contributed by atoms with Crippen molar-refractivity contribution < 1.29 is 28.9 Å². The molecule has 4 aromatic rings. The van der Waals surface area contributed by atoms with E-state index >= 15 is 0 Å². The van der Waals surface area contributed by atoms with Crippen LogP contribution in [0.15, 0.2) is 60.3 Å². The number of likely N-dealkylation sites (N-methyl/N-ethyl adjacent to an activating group) is 1. The van der Waals surface area contributed by atoms with E-state index in [9.17, 15) is 14.7 Å². The van der Waals surface area contributed by atoms with Gasteiger partial charge in [-0.1, -0.05) is 6.07 Å². The Morgan fingerprint density at radius 3 is 2.64 bits per heavy atom. The van der Waals surface area contributed by atoms with Crippen molar-refractivity contribution in [1.29, 1.82) is 0 Å². The molecule has 1 unspecified atom stereocenters. The predicted molar refractivity (Wildman–Crippen MR) is 143 cm³/mol. The maximum Gasteiger partial charge on any atom is 0.302 e. The lowest BCUT2D eigenvalue weighted by Gasteiger charge is -2.28. The number of fused-ring (bicyclic) bond motifs is 2. The number of rotatable bonds is 5. The van der Waals surface area contributed by atoms with Crippen LogP contribution in [0.3, 0.4) is 0 Å². The van der Waals surface area contributed by atoms with E-state index in [1.165, 1.54) is 19.1 Å². The Kier molecular flexibility index (Phi) is 5.82. The highest BCUT2D eigenvalue weighted by atomic mass is 16.5. The third-order valence-corrected chi connectivity index (χ3v) is 6.94. The Labute approximate surface area is 223 Å². The van der Waals surface area contributed by atoms with Crippen molar-refractivity contribution >= 4 is 40.1 Å². The Hall–Kier alpha value is -5.06. The third kappa shape index (κ3) is 3.90. The molecular formula is C28H25N5O6. The number of H-pyrrole nitrogens is 1. The van der Waals surface area contributed by atoms with E-state index in [2.05, 4.69) is 15.0 Å². The average molecular weight is 528 g/mol. The molecule has 11 nitrogen and oxygen atoms in total. The zero-order chi connectivity index (χ0) is 27.3. The lowest BCUT2D eigenvalue weighted by Crippen LogP contribution is -2.30. The lowest BCUT2D eigenvalue weighted by molar-refractivity contribution is -0.132. The molecule has 39 heavy (non-hydrogen) atoms. The second kappa shape index (κ2) is 9.35. The van der Waals surface area contributed by atoms with Crippen molar-refractivity contribution in [3.63, 3.8) is 0 Å². The highest BCUT2D eigenvalue weighted by Crippen LogP contribution is 2.43. The van der Waals surface area contributed by atoms with E-state index in [1.807, 2.05) is 11.9 Å². The number of hydrogen-bond donors (Lipinski definition) is 2. The largest absolute Gasteiger partial charge is 0.507 e. The number of nitrogens with one attached hydrogen (secondary N) is 1. The van der Waals surface area contributed by atoms with Gasteiger partial charge in [-0.05, 0) is 30.3 Å². The number of nitrogens with zero attached hydrogens (tertiary/aromatic N) is 4. The van der Waals surface area contributed by atoms with Gasteiger partial charge in [0.15, 0.2) is 11.5 Å². The van der Waals surface area contributed by atoms with E-state index in [0.717, 1.165) is 5.69 Å². The third-order valence-electron chi connectivity index (χ3n) is 6.94. The first-order chi connectivity index (χ1) is 18.9. The van der Waals surface area contributed by atoms with Gasteiger partial charge >= 0.3 is 5.91 Å². The van der Waals surface area contributed by atoms with Crippen molar-refractivity contribution in [2.45, 2.75) is 6.04 Å². The molecule has 0 bridgehead atoms. The number of aliphatic hydroxyl groups excluding tert-OH is 1. The number of ether oxygens (including phenoxy) is 3. The molecule has 0 aliphatic carbocycles. The summed E-state index contributed by atoms with van der Waals surface area (Å²) in [6.45, 7) is 1.23. The molecule has 1 amide bonds. The van der Waals surface area contributed by atoms with Gasteiger partial charge in [-0.2, -0.15) is 0 Å². The number of imidazole rings is 1. The normalized spacial score (nSPS) is 18.3. The number of ketones is 1. The summed E-state index contributed by atoms with van der Waals surface area (Å²) >= 11 is 0. The summed E-state index contributed by atoms with van der Waals surface area (Å²) in [4.78, 5) is 42.4. The maximum absolute atomic E-state index is 13.5. The summed E-state index contributed by atoms with van der Waals surface area (Å²) in [6.07, 6.45) is 1.56. The first-order valence-electron chi connectivity index (χ1n) is 12.2. The molecule has 1 saturated heterocycles. The van der Waals surface area contributed by atoms with Crippen molar-refractivity contribution in [2.24, 2.45) is 0 Å². The van der Waals surface area contributed by atoms with Crippen LogP contribution < -0.4 is 24.0 Å². The van der Waals surface area contributed by atoms with Crippen LogP contribution >= 0.6 is 0 Å². The van der Waals surface area contributed by atoms with Gasteiger partial charge in [-0.3, -0.25) is 19.5 Å². The zero-order valence-electron chi connectivity index (χ0n) is 21.5. The lowest BCUT2D eigenvalue weighted by atomic mass is 9.98. The molecule has 2 N–H and O–H groups in total. The smallest absolute Gasteiger partial charge is 0.302 e. The van der Waals surface area contributed by atoms with E-state index in [-0.39, 0.29) is 17.3 Å². The van der Waals surface area contributed by atoms with Crippen LogP contribution in [0.5, 0.6) is 17.2 Å². The number of aliphatic hydroxyl groups is 1. The Balaban J connectivity index is 1.52. The van der Waals surface area contributed by atoms with Crippen LogP contribution in [0, 0.1) is 0 Å². The van der Waals surface area contributed by atoms with Gasteiger partial charge in [0.05, 0.1) is 48.8 Å². The van der Waals surface area contributed by atoms with E-state index in [1.54, 1.807) is 54.7 Å². The fourth-order valence-corrected chi connectivity index (χ4v) is 4.96. The number of pyridine rings is 1. The molecule has 6 rings (SSSR count). The van der Waals surface area contributed by atoms with Crippen molar-refractivity contribution in [3.05, 3.63) is 71.6 Å². The number of hydrogen-bond acceptors (Lipinski definition) is 9. The number of methoxy groups -OCH3 is 2. The van der Waals surface area contributed by atoms with Gasteiger partial charge in [0.2, 0.25) is 5.95 Å². The summed E-state index contributed by atoms with van der Waals surface area (Å²) in [5, 5.41) is 11.5. The summed E-state index contributed by atoms with van der Waals surface area (Å²) < 4.78 is 16.5. The SMILES string of the molecule is COc1cc2nc(N3C(=O)C(=O)/C(=C(/O)c4ccc5c(c4)N(C)CCO5)C3c3ccccn3)[nH]c2cc1OC. The van der Waals surface area contributed by atoms with Crippen LogP contribution in [0.1, 0.15) is 17.3 Å². The topological polar surface area (TPSA) is 130 Å². The standard InChI is InChI=1S/C28H25N5O6/c1-32-10-11-39-20-8-7-15(12-19(20)32)25(34)23-24(16-6-4-5-9-29-16)33(27(36)26(23)35)28-30-17-13-21(37-2)22(38-3)14-18(17)31-28/h4-9,12-14,24,34H,10-11H2,1-3H3,(H,30,31)/b25-23+. The minimum Gasteiger partial charge on any atom is -0.507 e. The molecule has 198 valence electrons. The highest BCUT2D eigenvalue weighted by molar-refractivity contribution is 6.51. The predicted octanol–water partition coefficient (Wildman–Crippen LogP) is 3.43. The van der Waals surface area contributed by atoms with Gasteiger partial charge in [0.25, 0.3) is 5.78 Å². The van der Waals surface area contributed by atoms with E-state index in [0.29, 0.717) is 52.7 Å². The number of benzene rings is 2. The molecule has 2 aliphatic rings. The fourth-order valence-electron chi connectivity index (χ4n) is 4.96. The van der Waals surface area contributed by atoms with Crippen LogP contribution in [0.4, 0.5) is 11.6 Å². The van der Waals surface area contributed by atoms with Gasteiger partial charge in [0.1, 0.15) is 24.2 Å². The number of aromatic amines is 1. The van der Waals surface area contributed by atoms with Gasteiger partial charge in [-0.25, -0.2) is 4.98 Å². The van der Waals surface area contributed by atoms with E-state index < -0.39 is 17.7 Å². The van der Waals surface area contributed by atoms with Gasteiger partial charge in [-0.15, -0.1) is 0 Å². The molecule has 2 aromatic carbocycles. The maximum atomic E-state index is 13.5. The van der Waals surface area contributed by atoms with Crippen LogP contribution in [-0.2, 0) is 9.59 Å². The highest BCUT2D eigenvalue weighted by Gasteiger charge is 2.49. The molecule has 2 aromatic heterocycles. The number of amides is 1. The Morgan fingerprint density at radius 1 is 1.10 bits per heavy atom. The average Bonchev–Trinajstić information content (AvgIpc) is 3.49. The first-order valence-corrected chi connectivity index (χ1v) is 12.2. The molecule has 4 heterocycles. The zero-order valence-corrected chi connectivity index (χ0v) is 21.5. The fraction of sp³-hybridized carbons (Fsp3) is 0.214. The summed E-state index contributed by atoms with van der Waals surface area (Å²) in [5.74, 6) is -0.263. The minimum absolute atomic E-state index is 0.0892. The number of carbonyl (C=O) groups is 2. The van der Waals surface area contributed by atoms with Crippen LogP contribution in [0.2, 0.25) is 0 Å². The molecule has 11 heteroatoms. The number of Topliss-reactive ketones (excluding diaryl/α,β-unsaturated/α-hetero) is 1. The number of anilines is 2. The minimum atomic E-state index is -1.03. The number of aromatic nitrogens is 3. The quantitative estimate of drug-likeness (QED) is 0.228. The summed E-state index contributed by atoms with van der Waals surface area (Å²) in [6, 6.07) is 12.7. The monoisotopic (exact) mass is 527 g/mol. The number of carbonyl (C=O) groups excluding carboxylic acids is 2. The van der Waals surface area contributed by atoms with Crippen LogP contribution in [0.25, 0.3) is 16.8 Å². The van der Waals surface area contributed by atoms with Crippen LogP contribution in [-0.4, -0.2) is 66.2 Å². The summed E-state index contributed by atoms with van der Waals surface area (Å²) in [7, 11) is 4.95.